The zero-order valence-electron chi connectivity index (χ0n) is 17.9. The normalized spacial score (nSPS) is 22.6. The molecule has 1 atom stereocenters. The number of benzene rings is 1. The molecule has 31 heavy (non-hydrogen) atoms. The largest absolute Gasteiger partial charge is 0.365 e. The van der Waals surface area contributed by atoms with Gasteiger partial charge in [0.2, 0.25) is 5.91 Å². The molecule has 1 saturated carbocycles. The monoisotopic (exact) mass is 427 g/mol. The molecule has 1 aromatic carbocycles. The van der Waals surface area contributed by atoms with Crippen LogP contribution in [-0.4, -0.2) is 56.9 Å². The molecule has 2 aromatic rings. The number of amides is 1. The minimum atomic E-state index is -0.257. The third kappa shape index (κ3) is 4.65. The fourth-order valence-electron chi connectivity index (χ4n) is 5.05. The quantitative estimate of drug-likeness (QED) is 0.734. The average Bonchev–Trinajstić information content (AvgIpc) is 3.44. The molecule has 0 radical (unpaired) electrons. The zero-order valence-corrected chi connectivity index (χ0v) is 17.9. The zero-order chi connectivity index (χ0) is 21.2. The minimum Gasteiger partial charge on any atom is -0.365 e. The Kier molecular flexibility index (Phi) is 6.00. The van der Waals surface area contributed by atoms with Gasteiger partial charge in [0.25, 0.3) is 0 Å². The van der Waals surface area contributed by atoms with Crippen molar-refractivity contribution in [3.05, 3.63) is 47.0 Å². The predicted molar refractivity (Wildman–Crippen MR) is 112 cm³/mol. The van der Waals surface area contributed by atoms with Crippen molar-refractivity contribution in [2.24, 2.45) is 5.92 Å². The number of piperazine rings is 1. The molecule has 3 aliphatic rings. The molecule has 1 aliphatic carbocycles. The van der Waals surface area contributed by atoms with Crippen LogP contribution < -0.4 is 0 Å². The molecule has 0 spiro atoms. The highest BCUT2D eigenvalue weighted by Gasteiger charge is 2.28. The van der Waals surface area contributed by atoms with Gasteiger partial charge >= 0.3 is 0 Å². The van der Waals surface area contributed by atoms with Gasteiger partial charge in [0, 0.05) is 39.1 Å². The Morgan fingerprint density at radius 1 is 1.16 bits per heavy atom. The molecule has 7 nitrogen and oxygen atoms in total. The second-order valence-electron chi connectivity index (χ2n) is 9.03. The predicted octanol–water partition coefficient (Wildman–Crippen LogP) is 2.91. The lowest BCUT2D eigenvalue weighted by atomic mass is 10.0. The van der Waals surface area contributed by atoms with E-state index in [4.69, 9.17) is 4.74 Å². The number of hydrogen-bond acceptors (Lipinski definition) is 5. The molecule has 1 saturated heterocycles. The van der Waals surface area contributed by atoms with Crippen LogP contribution in [-0.2, 0) is 29.2 Å². The molecule has 2 fully saturated rings. The molecule has 166 valence electrons. The molecule has 0 N–H and O–H groups in total. The third-order valence-corrected chi connectivity index (χ3v) is 6.93. The van der Waals surface area contributed by atoms with E-state index in [1.807, 2.05) is 15.6 Å². The highest BCUT2D eigenvalue weighted by atomic mass is 19.1. The number of nitrogens with zero attached hydrogens (tertiary/aromatic N) is 5. The van der Waals surface area contributed by atoms with E-state index >= 15 is 0 Å². The Labute approximate surface area is 182 Å². The number of halogens is 1. The Balaban J connectivity index is 1.14. The summed E-state index contributed by atoms with van der Waals surface area (Å²) in [5, 5.41) is 8.72. The smallest absolute Gasteiger partial charge is 0.222 e. The van der Waals surface area contributed by atoms with Crippen molar-refractivity contribution >= 4 is 5.91 Å². The van der Waals surface area contributed by atoms with Crippen molar-refractivity contribution in [1.29, 1.82) is 0 Å². The van der Waals surface area contributed by atoms with Crippen LogP contribution in [0, 0.1) is 11.7 Å². The summed E-state index contributed by atoms with van der Waals surface area (Å²) in [5.41, 5.74) is 2.75. The topological polar surface area (TPSA) is 63.5 Å². The van der Waals surface area contributed by atoms with Crippen LogP contribution in [0.3, 0.4) is 0 Å². The van der Waals surface area contributed by atoms with Crippen molar-refractivity contribution in [3.8, 4) is 0 Å². The summed E-state index contributed by atoms with van der Waals surface area (Å²) in [5.74, 6) is 0.668. The van der Waals surface area contributed by atoms with Crippen LogP contribution in [0.1, 0.15) is 55.2 Å². The van der Waals surface area contributed by atoms with E-state index in [0.29, 0.717) is 31.5 Å². The Morgan fingerprint density at radius 3 is 2.74 bits per heavy atom. The fraction of sp³-hybridized carbons (Fsp3) is 0.609. The van der Waals surface area contributed by atoms with E-state index in [0.717, 1.165) is 49.6 Å². The average molecular weight is 428 g/mol. The molecule has 8 heteroatoms. The fourth-order valence-corrected chi connectivity index (χ4v) is 5.05. The summed E-state index contributed by atoms with van der Waals surface area (Å²) in [4.78, 5) is 16.9. The number of fused-ring (bicyclic) bond motifs is 1. The number of aromatic nitrogens is 3. The van der Waals surface area contributed by atoms with Gasteiger partial charge in [0.1, 0.15) is 17.6 Å². The molecule has 2 aliphatic heterocycles. The van der Waals surface area contributed by atoms with Crippen molar-refractivity contribution in [2.75, 3.05) is 26.2 Å². The van der Waals surface area contributed by atoms with Crippen molar-refractivity contribution in [3.63, 3.8) is 0 Å². The van der Waals surface area contributed by atoms with Gasteiger partial charge < -0.3 is 9.64 Å². The van der Waals surface area contributed by atoms with Gasteiger partial charge in [-0.3, -0.25) is 9.69 Å². The molecule has 3 heterocycles. The molecule has 1 amide bonds. The second kappa shape index (κ2) is 9.04. The lowest BCUT2D eigenvalue weighted by molar-refractivity contribution is -0.134. The number of carbonyl (C=O) groups is 1. The summed E-state index contributed by atoms with van der Waals surface area (Å²) in [6, 6.07) is 6.53. The van der Waals surface area contributed by atoms with Crippen LogP contribution in [0.15, 0.2) is 24.3 Å². The van der Waals surface area contributed by atoms with Crippen LogP contribution in [0.2, 0.25) is 0 Å². The van der Waals surface area contributed by atoms with Gasteiger partial charge in [0.15, 0.2) is 0 Å². The molecule has 5 rings (SSSR count). The van der Waals surface area contributed by atoms with E-state index < -0.39 is 0 Å². The third-order valence-electron chi connectivity index (χ3n) is 6.93. The van der Waals surface area contributed by atoms with E-state index in [9.17, 15) is 9.18 Å². The van der Waals surface area contributed by atoms with Gasteiger partial charge in [-0.1, -0.05) is 30.2 Å². The molecular formula is C23H30FN5O2. The standard InChI is InChI=1S/C23H30FN5O2/c24-19-7-3-6-18(13-19)22-15-29-21(16-31-22)20(25-26-29)14-27-8-10-28(11-9-27)23(30)12-17-4-1-2-5-17/h3,6-7,13,17,22H,1-2,4-5,8-12,14-16H2/t22-/m0/s1. The summed E-state index contributed by atoms with van der Waals surface area (Å²) < 4.78 is 21.4. The Hall–Kier alpha value is -2.32. The number of ether oxygens (including phenoxy) is 1. The van der Waals surface area contributed by atoms with Crippen molar-refractivity contribution in [2.45, 2.75) is 57.9 Å². The SMILES string of the molecule is O=C(CC1CCCC1)N1CCN(Cc2nnn3c2CO[C@H](c2cccc(F)c2)C3)CC1. The van der Waals surface area contributed by atoms with Gasteiger partial charge in [-0.15, -0.1) is 5.10 Å². The number of hydrogen-bond donors (Lipinski definition) is 0. The molecule has 1 aromatic heterocycles. The van der Waals surface area contributed by atoms with E-state index in [1.54, 1.807) is 6.07 Å². The molecule has 0 bridgehead atoms. The van der Waals surface area contributed by atoms with Crippen molar-refractivity contribution in [1.82, 2.24) is 24.8 Å². The van der Waals surface area contributed by atoms with E-state index in [2.05, 4.69) is 15.2 Å². The first kappa shape index (κ1) is 20.6. The number of rotatable bonds is 5. The maximum atomic E-state index is 13.5. The van der Waals surface area contributed by atoms with Crippen LogP contribution >= 0.6 is 0 Å². The summed E-state index contributed by atoms with van der Waals surface area (Å²) in [6.45, 7) is 4.96. The van der Waals surface area contributed by atoms with E-state index in [-0.39, 0.29) is 11.9 Å². The summed E-state index contributed by atoms with van der Waals surface area (Å²) in [7, 11) is 0. The Bertz CT molecular complexity index is 918. The molecular weight excluding hydrogens is 397 g/mol. The minimum absolute atomic E-state index is 0.216. The highest BCUT2D eigenvalue weighted by Crippen LogP contribution is 2.29. The summed E-state index contributed by atoms with van der Waals surface area (Å²) >= 11 is 0. The maximum Gasteiger partial charge on any atom is 0.222 e. The first-order valence-electron chi connectivity index (χ1n) is 11.4. The van der Waals surface area contributed by atoms with Crippen LogP contribution in [0.4, 0.5) is 4.39 Å². The molecule has 0 unspecified atom stereocenters. The lowest BCUT2D eigenvalue weighted by Crippen LogP contribution is -2.48. The Morgan fingerprint density at radius 2 is 1.97 bits per heavy atom. The number of carbonyl (C=O) groups excluding carboxylic acids is 1. The first-order valence-corrected chi connectivity index (χ1v) is 11.4. The van der Waals surface area contributed by atoms with Crippen LogP contribution in [0.25, 0.3) is 0 Å². The second-order valence-corrected chi connectivity index (χ2v) is 9.03. The summed E-state index contributed by atoms with van der Waals surface area (Å²) in [6.07, 6.45) is 5.50. The van der Waals surface area contributed by atoms with Crippen LogP contribution in [0.5, 0.6) is 0 Å². The lowest BCUT2D eigenvalue weighted by Gasteiger charge is -2.35. The van der Waals surface area contributed by atoms with E-state index in [1.165, 1.54) is 37.8 Å². The van der Waals surface area contributed by atoms with Gasteiger partial charge in [0.05, 0.1) is 18.8 Å². The van der Waals surface area contributed by atoms with Crippen molar-refractivity contribution < 1.29 is 13.9 Å². The van der Waals surface area contributed by atoms with Gasteiger partial charge in [-0.05, 0) is 36.5 Å². The highest BCUT2D eigenvalue weighted by molar-refractivity contribution is 5.76. The van der Waals surface area contributed by atoms with Gasteiger partial charge in [-0.25, -0.2) is 9.07 Å². The van der Waals surface area contributed by atoms with Gasteiger partial charge in [-0.2, -0.15) is 0 Å². The maximum absolute atomic E-state index is 13.5. The first-order chi connectivity index (χ1) is 15.2.